The number of carbonyl (C=O) groups excluding carboxylic acids is 11. The second-order valence-electron chi connectivity index (χ2n) is 26.1. The zero-order valence-corrected chi connectivity index (χ0v) is 57.8. The summed E-state index contributed by atoms with van der Waals surface area (Å²) < 4.78 is 5.98. The van der Waals surface area contributed by atoms with Crippen molar-refractivity contribution in [3.8, 4) is 0 Å². The van der Waals surface area contributed by atoms with Gasteiger partial charge in [0.25, 0.3) is 0 Å². The summed E-state index contributed by atoms with van der Waals surface area (Å²) in [7, 11) is 9.69. The van der Waals surface area contributed by atoms with Crippen molar-refractivity contribution in [1.82, 2.24) is 55.6 Å². The van der Waals surface area contributed by atoms with Crippen LogP contribution < -0.4 is 21.3 Å². The number of amides is 11. The Morgan fingerprint density at radius 2 is 0.978 bits per heavy atom. The van der Waals surface area contributed by atoms with Crippen LogP contribution >= 0.6 is 0 Å². The van der Waals surface area contributed by atoms with Crippen molar-refractivity contribution in [1.29, 1.82) is 0 Å². The Kier molecular flexibility index (Phi) is 34.1. The van der Waals surface area contributed by atoms with Gasteiger partial charge in [-0.15, -0.1) is 0 Å². The van der Waals surface area contributed by atoms with Gasteiger partial charge < -0.3 is 70.5 Å². The standard InChI is InChI=1S/C64H113N11O14/c1-24-26-29-41(13)54(78)53-58(82)67-45(25-2)60(84)69(17)35-49(77)73(21)52(44(16)89-31-28-27-30-76)57(81)68-50(39(9)10)63(87)70(18)46(32-36(3)4)56(80)65-42(14)55(79)66-43(15)59(83)71(19)47(33-37(5)6)61(85)72(20)48(34-38(7)8)62(86)74(22)51(40(11)12)64(88)75(53)23/h24,26-28,36-48,50-54,76,78H,25,29-35H2,1-23H3,(H,65,80)(H,66,79)(H,67,82)(H,68,81)/t41-,42+,43-,44-,45+,46+,47+,48+,50+,51+,52+,53+,54-/m1/s1. The van der Waals surface area contributed by atoms with E-state index in [1.54, 1.807) is 60.6 Å². The zero-order chi connectivity index (χ0) is 68.8. The molecule has 0 aliphatic carbocycles. The van der Waals surface area contributed by atoms with Gasteiger partial charge >= 0.3 is 0 Å². The maximum atomic E-state index is 15.2. The summed E-state index contributed by atoms with van der Waals surface area (Å²) in [4.78, 5) is 169. The maximum absolute atomic E-state index is 15.2. The van der Waals surface area contributed by atoms with Crippen molar-refractivity contribution in [2.45, 2.75) is 216 Å². The Balaban J connectivity index is 4.39. The van der Waals surface area contributed by atoms with Crippen LogP contribution in [0.5, 0.6) is 0 Å². The fourth-order valence-corrected chi connectivity index (χ4v) is 10.9. The van der Waals surface area contributed by atoms with Crippen molar-refractivity contribution < 1.29 is 67.7 Å². The summed E-state index contributed by atoms with van der Waals surface area (Å²) in [5.41, 5.74) is 0. The van der Waals surface area contributed by atoms with E-state index in [4.69, 9.17) is 4.74 Å². The predicted molar refractivity (Wildman–Crippen MR) is 341 cm³/mol. The number of likely N-dealkylation sites (N-methyl/N-ethyl adjacent to an activating group) is 7. The van der Waals surface area contributed by atoms with Gasteiger partial charge in [0.15, 0.2) is 0 Å². The van der Waals surface area contributed by atoms with Gasteiger partial charge in [-0.05, 0) is 95.3 Å². The molecule has 1 rings (SSSR count). The number of aliphatic hydroxyl groups is 2. The van der Waals surface area contributed by atoms with Crippen molar-refractivity contribution >= 4 is 65.0 Å². The minimum Gasteiger partial charge on any atom is -0.392 e. The molecule has 89 heavy (non-hydrogen) atoms. The van der Waals surface area contributed by atoms with Gasteiger partial charge in [-0.1, -0.05) is 107 Å². The first-order valence-electron chi connectivity index (χ1n) is 31.5. The molecule has 0 aromatic rings. The van der Waals surface area contributed by atoms with E-state index in [2.05, 4.69) is 21.3 Å². The van der Waals surface area contributed by atoms with E-state index in [1.165, 1.54) is 102 Å². The highest BCUT2D eigenvalue weighted by Gasteiger charge is 2.46. The smallest absolute Gasteiger partial charge is 0.246 e. The van der Waals surface area contributed by atoms with Gasteiger partial charge in [0, 0.05) is 49.3 Å². The van der Waals surface area contributed by atoms with Crippen LogP contribution in [0.25, 0.3) is 0 Å². The first-order valence-corrected chi connectivity index (χ1v) is 31.5. The third-order valence-electron chi connectivity index (χ3n) is 16.5. The molecule has 6 N–H and O–H groups in total. The summed E-state index contributed by atoms with van der Waals surface area (Å²) in [6.07, 6.45) is 4.55. The lowest BCUT2D eigenvalue weighted by atomic mass is 9.91. The van der Waals surface area contributed by atoms with E-state index in [0.717, 1.165) is 14.7 Å². The Bertz CT molecular complexity index is 2450. The molecular formula is C64H113N11O14. The minimum absolute atomic E-state index is 0.0199. The third kappa shape index (κ3) is 23.1. The molecule has 0 radical (unpaired) electrons. The van der Waals surface area contributed by atoms with Crippen molar-refractivity contribution in [3.05, 3.63) is 24.3 Å². The molecule has 508 valence electrons. The molecule has 1 fully saturated rings. The second-order valence-corrected chi connectivity index (χ2v) is 26.1. The van der Waals surface area contributed by atoms with Crippen LogP contribution in [-0.4, -0.2) is 251 Å². The minimum atomic E-state index is -1.64. The van der Waals surface area contributed by atoms with E-state index in [-0.39, 0.29) is 63.1 Å². The van der Waals surface area contributed by atoms with Crippen molar-refractivity contribution in [2.24, 2.45) is 35.5 Å². The molecule has 11 amide bonds. The third-order valence-corrected chi connectivity index (χ3v) is 16.5. The van der Waals surface area contributed by atoms with Crippen molar-refractivity contribution in [2.75, 3.05) is 69.1 Å². The van der Waals surface area contributed by atoms with Crippen LogP contribution in [0.2, 0.25) is 0 Å². The molecule has 0 unspecified atom stereocenters. The lowest BCUT2D eigenvalue weighted by Gasteiger charge is -2.41. The maximum Gasteiger partial charge on any atom is 0.246 e. The Labute approximate surface area is 530 Å². The molecule has 0 aromatic carbocycles. The molecule has 0 saturated carbocycles. The topological polar surface area (TPSA) is 308 Å². The number of nitrogens with zero attached hydrogens (tertiary/aromatic N) is 7. The lowest BCUT2D eigenvalue weighted by Crippen LogP contribution is -2.63. The zero-order valence-electron chi connectivity index (χ0n) is 57.8. The van der Waals surface area contributed by atoms with Crippen LogP contribution in [0.15, 0.2) is 24.3 Å². The first-order chi connectivity index (χ1) is 41.3. The normalized spacial score (nSPS) is 26.6. The number of hydrogen-bond donors (Lipinski definition) is 6. The monoisotopic (exact) mass is 1260 g/mol. The van der Waals surface area contributed by atoms with Crippen molar-refractivity contribution in [3.63, 3.8) is 0 Å². The fourth-order valence-electron chi connectivity index (χ4n) is 10.9. The Hall–Kier alpha value is -6.47. The summed E-state index contributed by atoms with van der Waals surface area (Å²) in [5.74, 6) is -10.4. The van der Waals surface area contributed by atoms with Gasteiger partial charge in [0.05, 0.1) is 32.0 Å². The molecule has 25 heteroatoms. The van der Waals surface area contributed by atoms with Crippen LogP contribution in [0.3, 0.4) is 0 Å². The number of nitrogens with one attached hydrogen (secondary N) is 4. The number of hydrogen-bond acceptors (Lipinski definition) is 14. The fraction of sp³-hybridized carbons (Fsp3) is 0.766. The van der Waals surface area contributed by atoms with Gasteiger partial charge in [-0.2, -0.15) is 0 Å². The molecular weight excluding hydrogens is 1150 g/mol. The molecule has 25 nitrogen and oxygen atoms in total. The lowest BCUT2D eigenvalue weighted by molar-refractivity contribution is -0.157. The Morgan fingerprint density at radius 1 is 0.506 bits per heavy atom. The number of ether oxygens (including phenoxy) is 1. The molecule has 1 heterocycles. The van der Waals surface area contributed by atoms with Gasteiger partial charge in [-0.3, -0.25) is 52.7 Å². The van der Waals surface area contributed by atoms with Crippen LogP contribution in [0.1, 0.15) is 143 Å². The summed E-state index contributed by atoms with van der Waals surface area (Å²) in [5, 5.41) is 32.4. The van der Waals surface area contributed by atoms with Crippen LogP contribution in [-0.2, 0) is 57.5 Å². The second kappa shape index (κ2) is 37.6. The predicted octanol–water partition coefficient (Wildman–Crippen LogP) is 2.18. The molecule has 1 aliphatic rings. The molecule has 1 aliphatic heterocycles. The van der Waals surface area contributed by atoms with E-state index in [0.29, 0.717) is 0 Å². The van der Waals surface area contributed by atoms with Gasteiger partial charge in [0.2, 0.25) is 65.0 Å². The summed E-state index contributed by atoms with van der Waals surface area (Å²) >= 11 is 0. The first kappa shape index (κ1) is 80.5. The highest BCUT2D eigenvalue weighted by atomic mass is 16.5. The summed E-state index contributed by atoms with van der Waals surface area (Å²) in [6, 6.07) is -13.0. The highest BCUT2D eigenvalue weighted by Crippen LogP contribution is 2.26. The number of allylic oxidation sites excluding steroid dienone is 2. The Morgan fingerprint density at radius 3 is 1.46 bits per heavy atom. The quantitative estimate of drug-likeness (QED) is 0.107. The average Bonchev–Trinajstić information content (AvgIpc) is 0.987. The van der Waals surface area contributed by atoms with E-state index in [9.17, 15) is 53.4 Å². The molecule has 0 spiro atoms. The highest BCUT2D eigenvalue weighted by molar-refractivity contribution is 5.99. The van der Waals surface area contributed by atoms with E-state index in [1.807, 2.05) is 41.5 Å². The average molecular weight is 1260 g/mol. The number of aliphatic hydroxyl groups excluding tert-OH is 2. The molecule has 13 atom stereocenters. The van der Waals surface area contributed by atoms with Crippen LogP contribution in [0, 0.1) is 35.5 Å². The number of carbonyl (C=O) groups is 11. The van der Waals surface area contributed by atoms with Gasteiger partial charge in [-0.25, -0.2) is 0 Å². The number of rotatable bonds is 18. The van der Waals surface area contributed by atoms with E-state index < -0.39 is 162 Å². The SMILES string of the molecule is CC=CC[C@@H](C)[C@@H](O)[C@H]1C(=O)N[C@@H](CC)C(=O)N(C)CC(=O)N(C)[C@@H]([C@@H](C)OCC=CCO)C(=O)N[C@@H](C(C)C)C(=O)N(C)[C@@H](CC(C)C)C(=O)N[C@@H](C)C(=O)N[C@H](C)C(=O)N(C)[C@@H](CC(C)C)C(=O)N(C)[C@@H](CC(C)C)C(=O)N(C)[C@@H](C(C)C)C(=O)N1C. The van der Waals surface area contributed by atoms with Crippen LogP contribution in [0.4, 0.5) is 0 Å². The summed E-state index contributed by atoms with van der Waals surface area (Å²) in [6.45, 7) is 26.4. The largest absolute Gasteiger partial charge is 0.392 e. The van der Waals surface area contributed by atoms with Gasteiger partial charge in [0.1, 0.15) is 60.4 Å². The molecule has 1 saturated heterocycles. The molecule has 0 bridgehead atoms. The van der Waals surface area contributed by atoms with E-state index >= 15 is 9.59 Å². The molecule has 0 aromatic heterocycles.